The highest BCUT2D eigenvalue weighted by Crippen LogP contribution is 2.27. The van der Waals surface area contributed by atoms with Gasteiger partial charge in [0.15, 0.2) is 0 Å². The first-order chi connectivity index (χ1) is 4.88. The zero-order valence-electron chi connectivity index (χ0n) is 6.47. The van der Waals surface area contributed by atoms with Crippen molar-refractivity contribution in [1.82, 2.24) is 5.32 Å². The van der Waals surface area contributed by atoms with Crippen LogP contribution in [0.4, 0.5) is 0 Å². The summed E-state index contributed by atoms with van der Waals surface area (Å²) in [6.07, 6.45) is 5.73. The summed E-state index contributed by atoms with van der Waals surface area (Å²) in [6, 6.07) is 1.53. The molecule has 0 aliphatic carbocycles. The Morgan fingerprint density at radius 3 is 2.30 bits per heavy atom. The molecule has 2 rings (SSSR count). The quantitative estimate of drug-likeness (QED) is 0.586. The van der Waals surface area contributed by atoms with Crippen LogP contribution >= 0.6 is 0 Å². The van der Waals surface area contributed by atoms with Crippen molar-refractivity contribution in [2.24, 2.45) is 0 Å². The maximum atomic E-state index is 5.33. The van der Waals surface area contributed by atoms with E-state index < -0.39 is 0 Å². The predicted molar refractivity (Wildman–Crippen MR) is 40.0 cm³/mol. The van der Waals surface area contributed by atoms with Gasteiger partial charge < -0.3 is 10.1 Å². The van der Waals surface area contributed by atoms with Crippen LogP contribution in [0.3, 0.4) is 0 Å². The van der Waals surface area contributed by atoms with Gasteiger partial charge in [0.25, 0.3) is 0 Å². The Balaban J connectivity index is 1.96. The Morgan fingerprint density at radius 2 is 1.80 bits per heavy atom. The molecule has 2 aliphatic heterocycles. The molecule has 0 radical (unpaired) electrons. The first-order valence-electron chi connectivity index (χ1n) is 4.17. The van der Waals surface area contributed by atoms with Gasteiger partial charge in [0, 0.05) is 19.2 Å². The Bertz CT molecular complexity index is 114. The molecule has 0 saturated carbocycles. The van der Waals surface area contributed by atoms with E-state index in [1.165, 1.54) is 25.7 Å². The first-order valence-corrected chi connectivity index (χ1v) is 4.17. The van der Waals surface area contributed by atoms with Gasteiger partial charge >= 0.3 is 0 Å². The van der Waals surface area contributed by atoms with Crippen molar-refractivity contribution in [1.29, 1.82) is 0 Å². The fourth-order valence-electron chi connectivity index (χ4n) is 2.20. The lowest BCUT2D eigenvalue weighted by Gasteiger charge is -2.27. The molecule has 2 heterocycles. The predicted octanol–water partition coefficient (Wildman–Crippen LogP) is 0.916. The van der Waals surface area contributed by atoms with Gasteiger partial charge in [-0.15, -0.1) is 0 Å². The van der Waals surface area contributed by atoms with E-state index in [0.29, 0.717) is 6.10 Å². The second-order valence-corrected chi connectivity index (χ2v) is 3.47. The van der Waals surface area contributed by atoms with Crippen molar-refractivity contribution in [3.63, 3.8) is 0 Å². The molecule has 2 bridgehead atoms. The van der Waals surface area contributed by atoms with Crippen molar-refractivity contribution in [2.45, 2.75) is 43.9 Å². The summed E-state index contributed by atoms with van der Waals surface area (Å²) in [5.74, 6) is 0. The van der Waals surface area contributed by atoms with Gasteiger partial charge in [0.2, 0.25) is 0 Å². The SMILES string of the molecule is COC1C[C@H]2CC[C@H](C1)N2. The number of methoxy groups -OCH3 is 1. The van der Waals surface area contributed by atoms with Crippen molar-refractivity contribution in [3.8, 4) is 0 Å². The third-order valence-corrected chi connectivity index (χ3v) is 2.76. The average molecular weight is 141 g/mol. The van der Waals surface area contributed by atoms with E-state index in [1.54, 1.807) is 0 Å². The molecule has 0 spiro atoms. The summed E-state index contributed by atoms with van der Waals surface area (Å²) in [5, 5.41) is 3.57. The molecule has 1 N–H and O–H groups in total. The molecule has 0 amide bonds. The van der Waals surface area contributed by atoms with E-state index >= 15 is 0 Å². The molecule has 2 atom stereocenters. The maximum Gasteiger partial charge on any atom is 0.0601 e. The van der Waals surface area contributed by atoms with E-state index in [9.17, 15) is 0 Å². The minimum absolute atomic E-state index is 0.541. The third-order valence-electron chi connectivity index (χ3n) is 2.76. The number of fused-ring (bicyclic) bond motifs is 2. The summed E-state index contributed by atoms with van der Waals surface area (Å²) >= 11 is 0. The van der Waals surface area contributed by atoms with Crippen molar-refractivity contribution in [3.05, 3.63) is 0 Å². The van der Waals surface area contributed by atoms with Crippen molar-refractivity contribution >= 4 is 0 Å². The summed E-state index contributed by atoms with van der Waals surface area (Å²) in [5.41, 5.74) is 0. The lowest BCUT2D eigenvalue weighted by atomic mass is 10.0. The molecule has 0 aromatic heterocycles. The van der Waals surface area contributed by atoms with Crippen LogP contribution in [0.2, 0.25) is 0 Å². The minimum Gasteiger partial charge on any atom is -0.381 e. The number of nitrogens with one attached hydrogen (secondary N) is 1. The highest BCUT2D eigenvalue weighted by molar-refractivity contribution is 4.92. The van der Waals surface area contributed by atoms with Crippen LogP contribution in [0.5, 0.6) is 0 Å². The Morgan fingerprint density at radius 1 is 1.20 bits per heavy atom. The molecular formula is C8H15NO. The highest BCUT2D eigenvalue weighted by atomic mass is 16.5. The Hall–Kier alpha value is -0.0800. The summed E-state index contributed by atoms with van der Waals surface area (Å²) in [7, 11) is 1.83. The topological polar surface area (TPSA) is 21.3 Å². The largest absolute Gasteiger partial charge is 0.381 e. The van der Waals surface area contributed by atoms with E-state index in [4.69, 9.17) is 4.74 Å². The van der Waals surface area contributed by atoms with Crippen LogP contribution in [0, 0.1) is 0 Å². The first kappa shape index (κ1) is 6.62. The van der Waals surface area contributed by atoms with Crippen molar-refractivity contribution in [2.75, 3.05) is 7.11 Å². The van der Waals surface area contributed by atoms with Crippen LogP contribution in [-0.4, -0.2) is 25.3 Å². The molecule has 58 valence electrons. The third kappa shape index (κ3) is 1.06. The molecule has 2 heteroatoms. The van der Waals surface area contributed by atoms with E-state index in [0.717, 1.165) is 12.1 Å². The van der Waals surface area contributed by atoms with Gasteiger partial charge in [-0.2, -0.15) is 0 Å². The standard InChI is InChI=1S/C8H15NO/c1-10-8-4-6-2-3-7(5-8)9-6/h6-9H,2-5H2,1H3/t6-,7-/m1/s1. The number of piperidine rings is 1. The summed E-state index contributed by atoms with van der Waals surface area (Å²) in [4.78, 5) is 0. The second-order valence-electron chi connectivity index (χ2n) is 3.47. The van der Waals surface area contributed by atoms with Gasteiger partial charge in [-0.1, -0.05) is 0 Å². The summed E-state index contributed by atoms with van der Waals surface area (Å²) in [6.45, 7) is 0. The second kappa shape index (κ2) is 2.51. The molecular weight excluding hydrogens is 126 g/mol. The molecule has 2 saturated heterocycles. The molecule has 10 heavy (non-hydrogen) atoms. The normalized spacial score (nSPS) is 45.9. The van der Waals surface area contributed by atoms with Gasteiger partial charge in [-0.05, 0) is 25.7 Å². The van der Waals surface area contributed by atoms with Crippen molar-refractivity contribution < 1.29 is 4.74 Å². The molecule has 2 fully saturated rings. The number of hydrogen-bond acceptors (Lipinski definition) is 2. The average Bonchev–Trinajstić information content (AvgIpc) is 2.30. The van der Waals surface area contributed by atoms with Gasteiger partial charge in [-0.25, -0.2) is 0 Å². The number of hydrogen-bond donors (Lipinski definition) is 1. The monoisotopic (exact) mass is 141 g/mol. The highest BCUT2D eigenvalue weighted by Gasteiger charge is 2.33. The Kier molecular flexibility index (Phi) is 1.66. The zero-order valence-corrected chi connectivity index (χ0v) is 6.47. The Labute approximate surface area is 61.9 Å². The fraction of sp³-hybridized carbons (Fsp3) is 1.00. The molecule has 2 nitrogen and oxygen atoms in total. The van der Waals surface area contributed by atoms with Gasteiger partial charge in [0.1, 0.15) is 0 Å². The minimum atomic E-state index is 0.541. The van der Waals surface area contributed by atoms with Crippen LogP contribution in [-0.2, 0) is 4.74 Å². The zero-order chi connectivity index (χ0) is 6.97. The maximum absolute atomic E-state index is 5.33. The van der Waals surface area contributed by atoms with Gasteiger partial charge in [-0.3, -0.25) is 0 Å². The lowest BCUT2D eigenvalue weighted by molar-refractivity contribution is 0.0601. The van der Waals surface area contributed by atoms with Gasteiger partial charge in [0.05, 0.1) is 6.10 Å². The van der Waals surface area contributed by atoms with E-state index in [2.05, 4.69) is 5.32 Å². The van der Waals surface area contributed by atoms with Crippen LogP contribution in [0.25, 0.3) is 0 Å². The van der Waals surface area contributed by atoms with Crippen LogP contribution in [0.1, 0.15) is 25.7 Å². The molecule has 0 aromatic carbocycles. The van der Waals surface area contributed by atoms with E-state index in [-0.39, 0.29) is 0 Å². The molecule has 0 unspecified atom stereocenters. The van der Waals surface area contributed by atoms with E-state index in [1.807, 2.05) is 7.11 Å². The fourth-order valence-corrected chi connectivity index (χ4v) is 2.20. The number of rotatable bonds is 1. The smallest absolute Gasteiger partial charge is 0.0601 e. The van der Waals surface area contributed by atoms with Crippen LogP contribution < -0.4 is 5.32 Å². The lowest BCUT2D eigenvalue weighted by Crippen LogP contribution is -2.40. The number of ether oxygens (including phenoxy) is 1. The summed E-state index contributed by atoms with van der Waals surface area (Å²) < 4.78 is 5.33. The molecule has 2 aliphatic rings. The molecule has 0 aromatic rings. The van der Waals surface area contributed by atoms with Crippen LogP contribution in [0.15, 0.2) is 0 Å².